The van der Waals surface area contributed by atoms with Gasteiger partial charge in [0.1, 0.15) is 5.75 Å². The molecule has 2 rings (SSSR count). The molecule has 0 heterocycles. The summed E-state index contributed by atoms with van der Waals surface area (Å²) >= 11 is 6.02. The molecular formula is C18H19ClN2O5S. The van der Waals surface area contributed by atoms with E-state index in [1.54, 1.807) is 38.4 Å². The Balaban J connectivity index is 2.09. The van der Waals surface area contributed by atoms with E-state index in [1.807, 2.05) is 0 Å². The zero-order valence-electron chi connectivity index (χ0n) is 15.0. The molecule has 7 nitrogen and oxygen atoms in total. The van der Waals surface area contributed by atoms with E-state index in [-0.39, 0.29) is 28.0 Å². The van der Waals surface area contributed by atoms with Gasteiger partial charge < -0.3 is 15.0 Å². The third-order valence-electron chi connectivity index (χ3n) is 3.58. The molecule has 0 aliphatic heterocycles. The molecule has 0 bridgehead atoms. The summed E-state index contributed by atoms with van der Waals surface area (Å²) in [6.07, 6.45) is 1.05. The molecule has 2 amide bonds. The summed E-state index contributed by atoms with van der Waals surface area (Å²) < 4.78 is 28.7. The van der Waals surface area contributed by atoms with Gasteiger partial charge in [0.15, 0.2) is 16.4 Å². The second-order valence-electron chi connectivity index (χ2n) is 5.97. The third-order valence-corrected chi connectivity index (χ3v) is 5.02. The fraction of sp³-hybridized carbons (Fsp3) is 0.222. The Kier molecular flexibility index (Phi) is 6.45. The molecule has 27 heavy (non-hydrogen) atoms. The van der Waals surface area contributed by atoms with Gasteiger partial charge in [0, 0.05) is 26.0 Å². The first-order valence-electron chi connectivity index (χ1n) is 7.82. The highest BCUT2D eigenvalue weighted by atomic mass is 35.5. The van der Waals surface area contributed by atoms with Crippen molar-refractivity contribution in [2.24, 2.45) is 0 Å². The number of sulfone groups is 1. The highest BCUT2D eigenvalue weighted by Crippen LogP contribution is 2.22. The summed E-state index contributed by atoms with van der Waals surface area (Å²) in [5.74, 6) is -0.241. The molecule has 0 radical (unpaired) electrons. The molecule has 0 fully saturated rings. The number of halogens is 1. The Morgan fingerprint density at radius 1 is 1.11 bits per heavy atom. The standard InChI is InChI=1S/C18H19ClN2O5S/c1-21(2)17(22)11-26-13-6-4-12(5-7-13)20-18(23)15-10-14(27(3,24)25)8-9-16(15)19/h4-10H,11H2,1-3H3,(H,20,23). The van der Waals surface area contributed by atoms with Crippen molar-refractivity contribution in [3.05, 3.63) is 53.1 Å². The van der Waals surface area contributed by atoms with Crippen LogP contribution in [0.5, 0.6) is 5.75 Å². The van der Waals surface area contributed by atoms with Crippen molar-refractivity contribution in [3.63, 3.8) is 0 Å². The first-order chi connectivity index (χ1) is 12.6. The zero-order valence-corrected chi connectivity index (χ0v) is 16.6. The number of anilines is 1. The lowest BCUT2D eigenvalue weighted by molar-refractivity contribution is -0.130. The number of hydrogen-bond donors (Lipinski definition) is 1. The van der Waals surface area contributed by atoms with Gasteiger partial charge >= 0.3 is 0 Å². The van der Waals surface area contributed by atoms with Crippen molar-refractivity contribution < 1.29 is 22.7 Å². The number of amides is 2. The number of carbonyl (C=O) groups excluding carboxylic acids is 2. The van der Waals surface area contributed by atoms with Gasteiger partial charge in [-0.25, -0.2) is 8.42 Å². The Hall–Kier alpha value is -2.58. The van der Waals surface area contributed by atoms with E-state index in [4.69, 9.17) is 16.3 Å². The summed E-state index contributed by atoms with van der Waals surface area (Å²) in [5, 5.41) is 2.78. The molecule has 0 spiro atoms. The van der Waals surface area contributed by atoms with E-state index >= 15 is 0 Å². The molecule has 0 saturated carbocycles. The Morgan fingerprint density at radius 3 is 2.30 bits per heavy atom. The van der Waals surface area contributed by atoms with Gasteiger partial charge in [0.05, 0.1) is 15.5 Å². The van der Waals surface area contributed by atoms with Gasteiger partial charge in [-0.15, -0.1) is 0 Å². The van der Waals surface area contributed by atoms with E-state index in [0.29, 0.717) is 11.4 Å². The van der Waals surface area contributed by atoms with Crippen molar-refractivity contribution in [2.45, 2.75) is 4.90 Å². The molecule has 0 atom stereocenters. The average molecular weight is 411 g/mol. The summed E-state index contributed by atoms with van der Waals surface area (Å²) in [7, 11) is -0.193. The molecule has 9 heteroatoms. The largest absolute Gasteiger partial charge is 0.484 e. The number of hydrogen-bond acceptors (Lipinski definition) is 5. The smallest absolute Gasteiger partial charge is 0.259 e. The van der Waals surface area contributed by atoms with Crippen molar-refractivity contribution >= 4 is 38.9 Å². The third kappa shape index (κ3) is 5.70. The second kappa shape index (κ2) is 8.41. The van der Waals surface area contributed by atoms with Crippen LogP contribution in [-0.2, 0) is 14.6 Å². The molecule has 2 aromatic carbocycles. The van der Waals surface area contributed by atoms with Crippen molar-refractivity contribution in [1.29, 1.82) is 0 Å². The number of rotatable bonds is 6. The summed E-state index contributed by atoms with van der Waals surface area (Å²) in [4.78, 5) is 25.3. The van der Waals surface area contributed by atoms with Crippen LogP contribution < -0.4 is 10.1 Å². The van der Waals surface area contributed by atoms with Gasteiger partial charge in [0.25, 0.3) is 11.8 Å². The fourth-order valence-corrected chi connectivity index (χ4v) is 2.87. The summed E-state index contributed by atoms with van der Waals surface area (Å²) in [5.41, 5.74) is 0.517. The number of nitrogens with zero attached hydrogens (tertiary/aromatic N) is 1. The number of carbonyl (C=O) groups is 2. The Bertz CT molecular complexity index is 956. The van der Waals surface area contributed by atoms with Gasteiger partial charge in [0.2, 0.25) is 0 Å². The van der Waals surface area contributed by atoms with Crippen LogP contribution in [0.15, 0.2) is 47.4 Å². The SMILES string of the molecule is CN(C)C(=O)COc1ccc(NC(=O)c2cc(S(C)(=O)=O)ccc2Cl)cc1. The Morgan fingerprint density at radius 2 is 1.74 bits per heavy atom. The van der Waals surface area contributed by atoms with Crippen LogP contribution in [0.4, 0.5) is 5.69 Å². The Labute approximate surface area is 162 Å². The first kappa shape index (κ1) is 20.7. The highest BCUT2D eigenvalue weighted by Gasteiger charge is 2.16. The lowest BCUT2D eigenvalue weighted by Crippen LogP contribution is -2.27. The molecule has 0 saturated heterocycles. The molecule has 0 aromatic heterocycles. The minimum atomic E-state index is -3.46. The van der Waals surface area contributed by atoms with Crippen LogP contribution in [0, 0.1) is 0 Å². The molecular weight excluding hydrogens is 392 g/mol. The molecule has 144 valence electrons. The van der Waals surface area contributed by atoms with Crippen LogP contribution in [0.2, 0.25) is 5.02 Å². The maximum Gasteiger partial charge on any atom is 0.259 e. The van der Waals surface area contributed by atoms with Gasteiger partial charge in [-0.3, -0.25) is 9.59 Å². The molecule has 0 unspecified atom stereocenters. The topological polar surface area (TPSA) is 92.8 Å². The van der Waals surface area contributed by atoms with E-state index in [9.17, 15) is 18.0 Å². The minimum Gasteiger partial charge on any atom is -0.484 e. The number of nitrogens with one attached hydrogen (secondary N) is 1. The fourth-order valence-electron chi connectivity index (χ4n) is 2.02. The second-order valence-corrected chi connectivity index (χ2v) is 8.39. The van der Waals surface area contributed by atoms with Gasteiger partial charge in [-0.05, 0) is 42.5 Å². The maximum atomic E-state index is 12.4. The van der Waals surface area contributed by atoms with Crippen molar-refractivity contribution in [1.82, 2.24) is 4.90 Å². The van der Waals surface area contributed by atoms with E-state index in [2.05, 4.69) is 5.32 Å². The highest BCUT2D eigenvalue weighted by molar-refractivity contribution is 7.90. The van der Waals surface area contributed by atoms with E-state index in [0.717, 1.165) is 6.26 Å². The van der Waals surface area contributed by atoms with Crippen LogP contribution in [-0.4, -0.2) is 52.1 Å². The zero-order chi connectivity index (χ0) is 20.2. The summed E-state index contributed by atoms with van der Waals surface area (Å²) in [6, 6.07) is 10.3. The van der Waals surface area contributed by atoms with Crippen molar-refractivity contribution in [3.8, 4) is 5.75 Å². The number of ether oxygens (including phenoxy) is 1. The summed E-state index contributed by atoms with van der Waals surface area (Å²) in [6.45, 7) is -0.0907. The van der Waals surface area contributed by atoms with Crippen LogP contribution in [0.1, 0.15) is 10.4 Å². The predicted octanol–water partition coefficient (Wildman–Crippen LogP) is 2.46. The minimum absolute atomic E-state index is 0.00589. The predicted molar refractivity (Wildman–Crippen MR) is 103 cm³/mol. The van der Waals surface area contributed by atoms with Gasteiger partial charge in [-0.2, -0.15) is 0 Å². The normalized spacial score (nSPS) is 11.0. The lowest BCUT2D eigenvalue weighted by Gasteiger charge is -2.12. The van der Waals surface area contributed by atoms with E-state index in [1.165, 1.54) is 23.1 Å². The van der Waals surface area contributed by atoms with Gasteiger partial charge in [-0.1, -0.05) is 11.6 Å². The number of benzene rings is 2. The molecule has 0 aliphatic carbocycles. The van der Waals surface area contributed by atoms with Crippen molar-refractivity contribution in [2.75, 3.05) is 32.3 Å². The average Bonchev–Trinajstić information content (AvgIpc) is 2.60. The van der Waals surface area contributed by atoms with Crippen LogP contribution >= 0.6 is 11.6 Å². The molecule has 0 aliphatic rings. The molecule has 2 aromatic rings. The first-order valence-corrected chi connectivity index (χ1v) is 10.1. The monoisotopic (exact) mass is 410 g/mol. The van der Waals surface area contributed by atoms with Crippen LogP contribution in [0.3, 0.4) is 0 Å². The number of likely N-dealkylation sites (N-methyl/N-ethyl adjacent to an activating group) is 1. The quantitative estimate of drug-likeness (QED) is 0.789. The lowest BCUT2D eigenvalue weighted by atomic mass is 10.2. The maximum absolute atomic E-state index is 12.4. The van der Waals surface area contributed by atoms with E-state index < -0.39 is 15.7 Å². The van der Waals surface area contributed by atoms with Crippen LogP contribution in [0.25, 0.3) is 0 Å². The molecule has 1 N–H and O–H groups in total.